The molecular weight excluding hydrogens is 468 g/mol. The molecule has 7 nitrogen and oxygen atoms in total. The second kappa shape index (κ2) is 8.26. The predicted molar refractivity (Wildman–Crippen MR) is 137 cm³/mol. The highest BCUT2D eigenvalue weighted by molar-refractivity contribution is 6.22. The molecule has 2 aliphatic heterocycles. The average Bonchev–Trinajstić information content (AvgIpc) is 3.67. The quantitative estimate of drug-likeness (QED) is 0.306. The number of fused-ring (bicyclic) bond motifs is 6. The minimum absolute atomic E-state index is 0.0664. The van der Waals surface area contributed by atoms with Gasteiger partial charge in [-0.15, -0.1) is 0 Å². The Hall–Kier alpha value is -4.00. The van der Waals surface area contributed by atoms with Gasteiger partial charge < -0.3 is 9.64 Å². The lowest BCUT2D eigenvalue weighted by atomic mass is 9.81. The number of carbonyl (C=O) groups excluding carboxylic acids is 4. The summed E-state index contributed by atoms with van der Waals surface area (Å²) in [5.74, 6) is -1.02. The van der Waals surface area contributed by atoms with E-state index in [1.807, 2.05) is 42.5 Å². The molecule has 0 unspecified atom stereocenters. The van der Waals surface area contributed by atoms with Crippen LogP contribution in [-0.2, 0) is 19.2 Å². The Balaban J connectivity index is 1.08. The number of rotatable bonds is 4. The number of hydrogen-bond acceptors (Lipinski definition) is 5. The zero-order valence-electron chi connectivity index (χ0n) is 20.2. The van der Waals surface area contributed by atoms with Crippen LogP contribution >= 0.6 is 0 Å². The summed E-state index contributed by atoms with van der Waals surface area (Å²) in [5, 5.41) is 1.98. The molecule has 2 aliphatic carbocycles. The lowest BCUT2D eigenvalue weighted by molar-refractivity contribution is -0.139. The van der Waals surface area contributed by atoms with Gasteiger partial charge in [0.15, 0.2) is 0 Å². The second-order valence-corrected chi connectivity index (χ2v) is 10.7. The summed E-state index contributed by atoms with van der Waals surface area (Å²) in [6.45, 7) is 0.237. The first kappa shape index (κ1) is 22.2. The summed E-state index contributed by atoms with van der Waals surface area (Å²) >= 11 is 0. The molecule has 4 fully saturated rings. The molecule has 5 atom stereocenters. The van der Waals surface area contributed by atoms with Crippen molar-refractivity contribution in [3.63, 3.8) is 0 Å². The molecule has 3 aromatic rings. The standard InChI is InChI=1S/C30H26N2O5/c33-25-14-20(16-31(25)24-10-3-6-17-5-1-2-9-23(17)24)30(36)37-22-8-4-7-21(15-22)32-28(34)26-18-11-12-19(13-18)27(26)29(32)35/h1-10,15,18-20,26-27H,11-14,16H2/t18-,19-,20-,26-,27+/m0/s1. The van der Waals surface area contributed by atoms with Crippen LogP contribution in [0.1, 0.15) is 25.7 Å². The molecule has 2 saturated carbocycles. The van der Waals surface area contributed by atoms with Crippen LogP contribution in [-0.4, -0.2) is 30.2 Å². The van der Waals surface area contributed by atoms with Crippen LogP contribution in [0.4, 0.5) is 11.4 Å². The van der Waals surface area contributed by atoms with Gasteiger partial charge in [-0.05, 0) is 54.7 Å². The first-order chi connectivity index (χ1) is 18.0. The number of anilines is 2. The smallest absolute Gasteiger partial charge is 0.316 e. The maximum atomic E-state index is 13.2. The van der Waals surface area contributed by atoms with Crippen LogP contribution < -0.4 is 14.5 Å². The third kappa shape index (κ3) is 3.40. The van der Waals surface area contributed by atoms with E-state index in [9.17, 15) is 19.2 Å². The summed E-state index contributed by atoms with van der Waals surface area (Å²) < 4.78 is 5.67. The number of ether oxygens (including phenoxy) is 1. The highest BCUT2D eigenvalue weighted by atomic mass is 16.5. The van der Waals surface area contributed by atoms with Crippen LogP contribution in [0.5, 0.6) is 5.75 Å². The lowest BCUT2D eigenvalue weighted by Gasteiger charge is -2.19. The molecule has 3 aromatic carbocycles. The van der Waals surface area contributed by atoms with Gasteiger partial charge in [-0.2, -0.15) is 0 Å². The number of nitrogens with zero attached hydrogens (tertiary/aromatic N) is 2. The molecule has 0 aromatic heterocycles. The number of hydrogen-bond donors (Lipinski definition) is 0. The first-order valence-corrected chi connectivity index (χ1v) is 13.0. The molecule has 0 radical (unpaired) electrons. The van der Waals surface area contributed by atoms with Gasteiger partial charge >= 0.3 is 5.97 Å². The van der Waals surface area contributed by atoms with Gasteiger partial charge in [0.2, 0.25) is 17.7 Å². The van der Waals surface area contributed by atoms with Crippen molar-refractivity contribution in [1.29, 1.82) is 0 Å². The van der Waals surface area contributed by atoms with E-state index in [0.717, 1.165) is 35.7 Å². The van der Waals surface area contributed by atoms with E-state index in [1.54, 1.807) is 29.2 Å². The van der Waals surface area contributed by atoms with E-state index in [4.69, 9.17) is 4.74 Å². The Labute approximate surface area is 214 Å². The van der Waals surface area contributed by atoms with Gasteiger partial charge in [-0.1, -0.05) is 42.5 Å². The van der Waals surface area contributed by atoms with Crippen molar-refractivity contribution in [3.8, 4) is 5.75 Å². The van der Waals surface area contributed by atoms with Crippen molar-refractivity contribution in [1.82, 2.24) is 0 Å². The fourth-order valence-corrected chi connectivity index (χ4v) is 7.09. The SMILES string of the molecule is O=C(Oc1cccc(N2C(=O)[C@@H]3[C@H]4CC[C@@H](C4)[C@@H]3C2=O)c1)[C@H]1CC(=O)N(c2cccc3ccccc23)C1. The highest BCUT2D eigenvalue weighted by Gasteiger charge is 2.61. The minimum Gasteiger partial charge on any atom is -0.426 e. The van der Waals surface area contributed by atoms with Crippen molar-refractivity contribution in [2.24, 2.45) is 29.6 Å². The van der Waals surface area contributed by atoms with Gasteiger partial charge in [0, 0.05) is 24.4 Å². The molecule has 7 rings (SSSR count). The van der Waals surface area contributed by atoms with Crippen LogP contribution in [0, 0.1) is 29.6 Å². The first-order valence-electron chi connectivity index (χ1n) is 13.0. The Morgan fingerprint density at radius 3 is 2.32 bits per heavy atom. The largest absolute Gasteiger partial charge is 0.426 e. The van der Waals surface area contributed by atoms with Gasteiger partial charge in [-0.3, -0.25) is 19.2 Å². The Morgan fingerprint density at radius 1 is 0.838 bits per heavy atom. The molecule has 0 spiro atoms. The van der Waals surface area contributed by atoms with E-state index >= 15 is 0 Å². The zero-order valence-corrected chi connectivity index (χ0v) is 20.2. The average molecular weight is 495 g/mol. The van der Waals surface area contributed by atoms with E-state index < -0.39 is 11.9 Å². The number of imide groups is 1. The van der Waals surface area contributed by atoms with Crippen LogP contribution in [0.25, 0.3) is 10.8 Å². The van der Waals surface area contributed by atoms with E-state index in [2.05, 4.69) is 0 Å². The summed E-state index contributed by atoms with van der Waals surface area (Å²) in [4.78, 5) is 55.3. The number of esters is 1. The lowest BCUT2D eigenvalue weighted by Crippen LogP contribution is -2.32. The number of carbonyl (C=O) groups is 4. The second-order valence-electron chi connectivity index (χ2n) is 10.7. The van der Waals surface area contributed by atoms with Gasteiger partial charge in [-0.25, -0.2) is 4.90 Å². The molecule has 2 saturated heterocycles. The molecule has 2 bridgehead atoms. The molecule has 7 heteroatoms. The summed E-state index contributed by atoms with van der Waals surface area (Å²) in [7, 11) is 0. The van der Waals surface area contributed by atoms with Crippen LogP contribution in [0.15, 0.2) is 66.7 Å². The summed E-state index contributed by atoms with van der Waals surface area (Å²) in [5.41, 5.74) is 1.22. The number of amides is 3. The molecule has 4 aliphatic rings. The Morgan fingerprint density at radius 2 is 1.54 bits per heavy atom. The minimum atomic E-state index is -0.611. The summed E-state index contributed by atoms with van der Waals surface area (Å²) in [6, 6.07) is 20.2. The van der Waals surface area contributed by atoms with Gasteiger partial charge in [0.05, 0.1) is 29.1 Å². The third-order valence-corrected chi connectivity index (χ3v) is 8.74. The molecule has 2 heterocycles. The molecule has 0 N–H and O–H groups in total. The van der Waals surface area contributed by atoms with E-state index in [-0.39, 0.29) is 48.3 Å². The molecule has 186 valence electrons. The molecule has 37 heavy (non-hydrogen) atoms. The number of benzene rings is 3. The zero-order chi connectivity index (χ0) is 25.3. The Kier molecular flexibility index (Phi) is 4.96. The van der Waals surface area contributed by atoms with E-state index in [0.29, 0.717) is 17.5 Å². The monoisotopic (exact) mass is 494 g/mol. The van der Waals surface area contributed by atoms with Crippen molar-refractivity contribution >= 4 is 45.8 Å². The third-order valence-electron chi connectivity index (χ3n) is 8.74. The summed E-state index contributed by atoms with van der Waals surface area (Å²) in [6.07, 6.45) is 3.09. The fourth-order valence-electron chi connectivity index (χ4n) is 7.09. The van der Waals surface area contributed by atoms with Crippen molar-refractivity contribution in [2.75, 3.05) is 16.3 Å². The normalized spacial score (nSPS) is 28.4. The van der Waals surface area contributed by atoms with Crippen molar-refractivity contribution in [3.05, 3.63) is 66.7 Å². The topological polar surface area (TPSA) is 84.0 Å². The Bertz CT molecular complexity index is 1450. The van der Waals surface area contributed by atoms with Gasteiger partial charge in [0.25, 0.3) is 0 Å². The fraction of sp³-hybridized carbons (Fsp3) is 0.333. The highest BCUT2D eigenvalue weighted by Crippen LogP contribution is 2.56. The van der Waals surface area contributed by atoms with Crippen LogP contribution in [0.3, 0.4) is 0 Å². The van der Waals surface area contributed by atoms with Crippen molar-refractivity contribution < 1.29 is 23.9 Å². The maximum absolute atomic E-state index is 13.2. The van der Waals surface area contributed by atoms with Crippen LogP contribution in [0.2, 0.25) is 0 Å². The predicted octanol–water partition coefficient (Wildman–Crippen LogP) is 4.33. The van der Waals surface area contributed by atoms with Gasteiger partial charge in [0.1, 0.15) is 5.75 Å². The maximum Gasteiger partial charge on any atom is 0.316 e. The molecule has 3 amide bonds. The van der Waals surface area contributed by atoms with Crippen molar-refractivity contribution in [2.45, 2.75) is 25.7 Å². The molecular formula is C30H26N2O5. The van der Waals surface area contributed by atoms with E-state index in [1.165, 1.54) is 4.90 Å².